The number of hydrogen-bond acceptors (Lipinski definition) is 5. The lowest BCUT2D eigenvalue weighted by Crippen LogP contribution is -2.43. The monoisotopic (exact) mass is 366 g/mol. The van der Waals surface area contributed by atoms with Crippen LogP contribution in [-0.4, -0.2) is 18.5 Å². The fourth-order valence-electron chi connectivity index (χ4n) is 1.80. The zero-order chi connectivity index (χ0) is 17.7. The maximum atomic E-state index is 12.1. The van der Waals surface area contributed by atoms with Gasteiger partial charge in [-0.05, 0) is 36.8 Å². The minimum Gasteiger partial charge on any atom is -0.331 e. The van der Waals surface area contributed by atoms with E-state index in [1.807, 2.05) is 25.1 Å². The molecule has 0 spiro atoms. The summed E-state index contributed by atoms with van der Waals surface area (Å²) in [6.07, 6.45) is 0. The van der Waals surface area contributed by atoms with E-state index in [9.17, 15) is 18.5 Å². The van der Waals surface area contributed by atoms with Crippen LogP contribution < -0.4 is 15.6 Å². The van der Waals surface area contributed by atoms with Gasteiger partial charge in [0.1, 0.15) is 0 Å². The lowest BCUT2D eigenvalue weighted by atomic mass is 10.2. The van der Waals surface area contributed by atoms with Gasteiger partial charge in [0.25, 0.3) is 15.7 Å². The highest BCUT2D eigenvalue weighted by Crippen LogP contribution is 2.17. The van der Waals surface area contributed by atoms with Crippen LogP contribution in [0.25, 0.3) is 0 Å². The Morgan fingerprint density at radius 2 is 1.88 bits per heavy atom. The number of non-ortho nitro benzene ring substituents is 1. The highest BCUT2D eigenvalue weighted by molar-refractivity contribution is 7.89. The normalized spacial score (nSPS) is 10.9. The molecule has 0 amide bonds. The first kappa shape index (κ1) is 17.8. The number of hydrogen-bond donors (Lipinski definition) is 3. The Hall–Kier alpha value is -2.56. The van der Waals surface area contributed by atoms with Crippen LogP contribution in [0, 0.1) is 17.0 Å². The van der Waals surface area contributed by atoms with E-state index in [4.69, 9.17) is 12.2 Å². The fraction of sp³-hybridized carbons (Fsp3) is 0.0714. The van der Waals surface area contributed by atoms with E-state index in [0.29, 0.717) is 0 Å². The molecule has 0 saturated carbocycles. The minimum atomic E-state index is -4.01. The van der Waals surface area contributed by atoms with E-state index in [1.165, 1.54) is 18.2 Å². The Labute approximate surface area is 144 Å². The van der Waals surface area contributed by atoms with Crippen molar-refractivity contribution in [2.45, 2.75) is 11.8 Å². The van der Waals surface area contributed by atoms with Gasteiger partial charge in [0.15, 0.2) is 5.11 Å². The van der Waals surface area contributed by atoms with Gasteiger partial charge in [-0.1, -0.05) is 24.3 Å². The highest BCUT2D eigenvalue weighted by atomic mass is 32.2. The Balaban J connectivity index is 2.05. The van der Waals surface area contributed by atoms with Crippen molar-refractivity contribution in [3.05, 3.63) is 64.2 Å². The first-order chi connectivity index (χ1) is 11.3. The highest BCUT2D eigenvalue weighted by Gasteiger charge is 2.17. The van der Waals surface area contributed by atoms with Crippen molar-refractivity contribution in [2.24, 2.45) is 0 Å². The molecule has 2 rings (SSSR count). The topological polar surface area (TPSA) is 113 Å². The second-order valence-corrected chi connectivity index (χ2v) is 6.84. The zero-order valence-corrected chi connectivity index (χ0v) is 14.1. The van der Waals surface area contributed by atoms with Crippen LogP contribution >= 0.6 is 12.2 Å². The van der Waals surface area contributed by atoms with Crippen LogP contribution in [0.3, 0.4) is 0 Å². The quantitative estimate of drug-likeness (QED) is 0.422. The number of nitro benzene ring substituents is 1. The molecule has 0 fully saturated rings. The van der Waals surface area contributed by atoms with Crippen molar-refractivity contribution >= 4 is 38.7 Å². The molecule has 24 heavy (non-hydrogen) atoms. The van der Waals surface area contributed by atoms with Crippen LogP contribution in [0.1, 0.15) is 5.56 Å². The maximum Gasteiger partial charge on any atom is 0.270 e. The maximum absolute atomic E-state index is 12.1. The predicted octanol–water partition coefficient (Wildman–Crippen LogP) is 2.08. The zero-order valence-electron chi connectivity index (χ0n) is 12.5. The molecule has 10 heteroatoms. The molecular weight excluding hydrogens is 352 g/mol. The summed E-state index contributed by atoms with van der Waals surface area (Å²) < 4.78 is 24.3. The smallest absolute Gasteiger partial charge is 0.270 e. The summed E-state index contributed by atoms with van der Waals surface area (Å²) in [4.78, 5) is 11.9. The van der Waals surface area contributed by atoms with Crippen molar-refractivity contribution in [3.8, 4) is 0 Å². The molecular formula is C14H14N4O4S2. The third-order valence-corrected chi connectivity index (χ3v) is 4.48. The molecule has 0 unspecified atom stereocenters. The Morgan fingerprint density at radius 3 is 2.54 bits per heavy atom. The molecule has 2 aromatic carbocycles. The first-order valence-electron chi connectivity index (χ1n) is 6.68. The molecule has 0 aliphatic rings. The van der Waals surface area contributed by atoms with Gasteiger partial charge < -0.3 is 5.32 Å². The number of anilines is 1. The van der Waals surface area contributed by atoms with Gasteiger partial charge in [0.05, 0.1) is 9.82 Å². The number of hydrazine groups is 1. The molecule has 0 radical (unpaired) electrons. The number of sulfonamides is 1. The van der Waals surface area contributed by atoms with Crippen LogP contribution in [-0.2, 0) is 10.0 Å². The van der Waals surface area contributed by atoms with Gasteiger partial charge >= 0.3 is 0 Å². The number of para-hydroxylation sites is 1. The Kier molecular flexibility index (Phi) is 5.44. The molecule has 3 N–H and O–H groups in total. The van der Waals surface area contributed by atoms with E-state index in [1.54, 1.807) is 6.07 Å². The molecule has 0 aliphatic heterocycles. The summed E-state index contributed by atoms with van der Waals surface area (Å²) in [6.45, 7) is 1.87. The SMILES string of the molecule is Cc1ccccc1NC(=S)NNS(=O)(=O)c1cccc([N+](=O)[O-])c1. The molecule has 0 saturated heterocycles. The summed E-state index contributed by atoms with van der Waals surface area (Å²) in [5, 5.41) is 13.6. The van der Waals surface area contributed by atoms with Gasteiger partial charge in [0, 0.05) is 17.8 Å². The number of nitro groups is 1. The van der Waals surface area contributed by atoms with Crippen LogP contribution in [0.4, 0.5) is 11.4 Å². The molecule has 0 aliphatic carbocycles. The lowest BCUT2D eigenvalue weighted by molar-refractivity contribution is -0.385. The minimum absolute atomic E-state index is 0.0401. The number of thiocarbonyl (C=S) groups is 1. The summed E-state index contributed by atoms with van der Waals surface area (Å²) in [5.41, 5.74) is 3.70. The standard InChI is InChI=1S/C14H14N4O4S2/c1-10-5-2-3-8-13(10)15-14(23)16-17-24(21,22)12-7-4-6-11(9-12)18(19)20/h2-9,17H,1H3,(H2,15,16,23). The summed E-state index contributed by atoms with van der Waals surface area (Å²) in [7, 11) is -4.01. The summed E-state index contributed by atoms with van der Waals surface area (Å²) in [6, 6.07) is 12.0. The lowest BCUT2D eigenvalue weighted by Gasteiger charge is -2.13. The van der Waals surface area contributed by atoms with E-state index < -0.39 is 14.9 Å². The average molecular weight is 366 g/mol. The van der Waals surface area contributed by atoms with Crippen LogP contribution in [0.5, 0.6) is 0 Å². The van der Waals surface area contributed by atoms with Crippen LogP contribution in [0.15, 0.2) is 53.4 Å². The molecule has 2 aromatic rings. The molecule has 0 bridgehead atoms. The van der Waals surface area contributed by atoms with Gasteiger partial charge in [-0.25, -0.2) is 8.42 Å². The van der Waals surface area contributed by atoms with E-state index >= 15 is 0 Å². The number of nitrogens with one attached hydrogen (secondary N) is 3. The predicted molar refractivity (Wildman–Crippen MR) is 94.0 cm³/mol. The molecule has 0 heterocycles. The van der Waals surface area contributed by atoms with Crippen LogP contribution in [0.2, 0.25) is 0 Å². The largest absolute Gasteiger partial charge is 0.331 e. The third-order valence-electron chi connectivity index (χ3n) is 3.03. The first-order valence-corrected chi connectivity index (χ1v) is 8.57. The molecule has 126 valence electrons. The van der Waals surface area contributed by atoms with Crippen molar-refractivity contribution in [1.82, 2.24) is 10.3 Å². The third kappa shape index (κ3) is 4.47. The van der Waals surface area contributed by atoms with Crippen molar-refractivity contribution in [2.75, 3.05) is 5.32 Å². The number of rotatable bonds is 5. The van der Waals surface area contributed by atoms with Crippen molar-refractivity contribution in [1.29, 1.82) is 0 Å². The average Bonchev–Trinajstić information content (AvgIpc) is 2.55. The van der Waals surface area contributed by atoms with Crippen molar-refractivity contribution < 1.29 is 13.3 Å². The summed E-state index contributed by atoms with van der Waals surface area (Å²) >= 11 is 5.02. The molecule has 8 nitrogen and oxygen atoms in total. The fourth-order valence-corrected chi connectivity index (χ4v) is 2.92. The number of nitrogens with zero attached hydrogens (tertiary/aromatic N) is 1. The van der Waals surface area contributed by atoms with Crippen molar-refractivity contribution in [3.63, 3.8) is 0 Å². The summed E-state index contributed by atoms with van der Waals surface area (Å²) in [5.74, 6) is 0. The number of benzene rings is 2. The van der Waals surface area contributed by atoms with Gasteiger partial charge in [-0.15, -0.1) is 4.83 Å². The Bertz CT molecular complexity index is 884. The van der Waals surface area contributed by atoms with E-state index in [2.05, 4.69) is 15.6 Å². The Morgan fingerprint density at radius 1 is 1.17 bits per heavy atom. The van der Waals surface area contributed by atoms with Gasteiger partial charge in [-0.2, -0.15) is 0 Å². The van der Waals surface area contributed by atoms with Gasteiger partial charge in [0.2, 0.25) is 0 Å². The number of aryl methyl sites for hydroxylation is 1. The van der Waals surface area contributed by atoms with E-state index in [0.717, 1.165) is 17.3 Å². The second kappa shape index (κ2) is 7.34. The molecule has 0 aromatic heterocycles. The van der Waals surface area contributed by atoms with Gasteiger partial charge in [-0.3, -0.25) is 15.5 Å². The molecule has 0 atom stereocenters. The second-order valence-electron chi connectivity index (χ2n) is 4.75. The van der Waals surface area contributed by atoms with E-state index in [-0.39, 0.29) is 15.7 Å².